The first-order chi connectivity index (χ1) is 6.22. The fourth-order valence-corrected chi connectivity index (χ4v) is 1.19. The lowest BCUT2D eigenvalue weighted by molar-refractivity contribution is 0.523. The van der Waals surface area contributed by atoms with Crippen molar-refractivity contribution in [3.63, 3.8) is 0 Å². The third-order valence-electron chi connectivity index (χ3n) is 2.02. The second kappa shape index (κ2) is 4.92. The zero-order valence-corrected chi connectivity index (χ0v) is 8.34. The molecule has 13 heavy (non-hydrogen) atoms. The van der Waals surface area contributed by atoms with Gasteiger partial charge in [-0.05, 0) is 31.9 Å². The number of hydrogen-bond donors (Lipinski definition) is 2. The van der Waals surface area contributed by atoms with Crippen LogP contribution in [0.25, 0.3) is 0 Å². The topological polar surface area (TPSA) is 51.2 Å². The van der Waals surface area contributed by atoms with Gasteiger partial charge in [0.05, 0.1) is 0 Å². The lowest BCUT2D eigenvalue weighted by Crippen LogP contribution is -2.14. The number of aryl methyl sites for hydroxylation is 1. The Balaban J connectivity index is 2.26. The van der Waals surface area contributed by atoms with E-state index < -0.39 is 0 Å². The third kappa shape index (κ3) is 3.51. The SMILES string of the molecule is Cc1ccc(NCC(C)CCN)o1. The molecule has 74 valence electrons. The molecule has 0 fully saturated rings. The fourth-order valence-electron chi connectivity index (χ4n) is 1.19. The number of anilines is 1. The zero-order chi connectivity index (χ0) is 9.68. The molecule has 0 bridgehead atoms. The van der Waals surface area contributed by atoms with Crippen LogP contribution in [-0.2, 0) is 0 Å². The first-order valence-corrected chi connectivity index (χ1v) is 4.72. The van der Waals surface area contributed by atoms with Crippen LogP contribution in [0.3, 0.4) is 0 Å². The van der Waals surface area contributed by atoms with Gasteiger partial charge >= 0.3 is 0 Å². The maximum Gasteiger partial charge on any atom is 0.193 e. The number of hydrogen-bond acceptors (Lipinski definition) is 3. The van der Waals surface area contributed by atoms with E-state index in [0.29, 0.717) is 5.92 Å². The molecule has 0 saturated heterocycles. The molecule has 1 aromatic heterocycles. The molecule has 0 aromatic carbocycles. The molecule has 1 heterocycles. The van der Waals surface area contributed by atoms with Gasteiger partial charge in [-0.15, -0.1) is 0 Å². The van der Waals surface area contributed by atoms with Crippen molar-refractivity contribution in [2.75, 3.05) is 18.4 Å². The Kier molecular flexibility index (Phi) is 3.83. The summed E-state index contributed by atoms with van der Waals surface area (Å²) in [4.78, 5) is 0. The first kappa shape index (κ1) is 10.1. The summed E-state index contributed by atoms with van der Waals surface area (Å²) < 4.78 is 5.37. The lowest BCUT2D eigenvalue weighted by Gasteiger charge is -2.09. The summed E-state index contributed by atoms with van der Waals surface area (Å²) >= 11 is 0. The predicted octanol–water partition coefficient (Wildman–Crippen LogP) is 1.98. The molecule has 3 N–H and O–H groups in total. The van der Waals surface area contributed by atoms with Crippen LogP contribution >= 0.6 is 0 Å². The minimum absolute atomic E-state index is 0.593. The summed E-state index contributed by atoms with van der Waals surface area (Å²) in [5.74, 6) is 2.38. The quantitative estimate of drug-likeness (QED) is 0.732. The van der Waals surface area contributed by atoms with E-state index in [1.54, 1.807) is 0 Å². The van der Waals surface area contributed by atoms with Crippen molar-refractivity contribution in [1.29, 1.82) is 0 Å². The standard InChI is InChI=1S/C10H18N2O/c1-8(5-6-11)7-12-10-4-3-9(2)13-10/h3-4,8,12H,5-7,11H2,1-2H3. The molecular formula is C10H18N2O. The molecule has 1 aromatic rings. The van der Waals surface area contributed by atoms with E-state index in [1.807, 2.05) is 19.1 Å². The highest BCUT2D eigenvalue weighted by Gasteiger charge is 2.02. The minimum Gasteiger partial charge on any atom is -0.446 e. The molecule has 1 rings (SSSR count). The van der Waals surface area contributed by atoms with E-state index in [-0.39, 0.29) is 0 Å². The first-order valence-electron chi connectivity index (χ1n) is 4.72. The molecule has 3 heteroatoms. The van der Waals surface area contributed by atoms with E-state index in [0.717, 1.165) is 31.2 Å². The highest BCUT2D eigenvalue weighted by atomic mass is 16.4. The Morgan fingerprint density at radius 2 is 2.31 bits per heavy atom. The van der Waals surface area contributed by atoms with Gasteiger partial charge < -0.3 is 15.5 Å². The van der Waals surface area contributed by atoms with Gasteiger partial charge in [0.1, 0.15) is 5.76 Å². The summed E-state index contributed by atoms with van der Waals surface area (Å²) in [6, 6.07) is 3.90. The van der Waals surface area contributed by atoms with Gasteiger partial charge in [0.15, 0.2) is 5.88 Å². The number of nitrogens with one attached hydrogen (secondary N) is 1. The van der Waals surface area contributed by atoms with Crippen LogP contribution in [0, 0.1) is 12.8 Å². The molecule has 1 atom stereocenters. The highest BCUT2D eigenvalue weighted by Crippen LogP contribution is 2.12. The molecule has 3 nitrogen and oxygen atoms in total. The monoisotopic (exact) mass is 182 g/mol. The van der Waals surface area contributed by atoms with Crippen molar-refractivity contribution >= 4 is 5.88 Å². The molecule has 1 unspecified atom stereocenters. The largest absolute Gasteiger partial charge is 0.446 e. The Bertz CT molecular complexity index is 245. The fraction of sp³-hybridized carbons (Fsp3) is 0.600. The second-order valence-electron chi connectivity index (χ2n) is 3.47. The van der Waals surface area contributed by atoms with Crippen molar-refractivity contribution in [3.8, 4) is 0 Å². The summed E-state index contributed by atoms with van der Waals surface area (Å²) in [5.41, 5.74) is 5.45. The van der Waals surface area contributed by atoms with Crippen LogP contribution in [0.1, 0.15) is 19.1 Å². The Morgan fingerprint density at radius 3 is 2.85 bits per heavy atom. The van der Waals surface area contributed by atoms with Gasteiger partial charge in [-0.1, -0.05) is 6.92 Å². The van der Waals surface area contributed by atoms with Gasteiger partial charge in [0, 0.05) is 12.6 Å². The molecule has 0 aliphatic carbocycles. The molecule has 0 aliphatic rings. The lowest BCUT2D eigenvalue weighted by atomic mass is 10.1. The smallest absolute Gasteiger partial charge is 0.193 e. The molecule has 0 amide bonds. The number of rotatable bonds is 5. The number of nitrogens with two attached hydrogens (primary N) is 1. The Morgan fingerprint density at radius 1 is 1.54 bits per heavy atom. The van der Waals surface area contributed by atoms with E-state index in [1.165, 1.54) is 0 Å². The third-order valence-corrected chi connectivity index (χ3v) is 2.02. The van der Waals surface area contributed by atoms with Crippen molar-refractivity contribution in [3.05, 3.63) is 17.9 Å². The summed E-state index contributed by atoms with van der Waals surface area (Å²) in [5, 5.41) is 3.23. The predicted molar refractivity (Wildman–Crippen MR) is 54.8 cm³/mol. The van der Waals surface area contributed by atoms with Crippen LogP contribution in [0.15, 0.2) is 16.5 Å². The molecule has 0 aliphatic heterocycles. The Labute approximate surface area is 79.3 Å². The maximum absolute atomic E-state index is 5.45. The van der Waals surface area contributed by atoms with Gasteiger partial charge in [0.25, 0.3) is 0 Å². The number of furan rings is 1. The molecule has 0 saturated carbocycles. The highest BCUT2D eigenvalue weighted by molar-refractivity contribution is 5.31. The zero-order valence-electron chi connectivity index (χ0n) is 8.34. The van der Waals surface area contributed by atoms with Gasteiger partial charge in [0.2, 0.25) is 0 Å². The average molecular weight is 182 g/mol. The average Bonchev–Trinajstić information content (AvgIpc) is 2.49. The summed E-state index contributed by atoms with van der Waals surface area (Å²) in [6.07, 6.45) is 1.05. The molecule has 0 spiro atoms. The molecular weight excluding hydrogens is 164 g/mol. The van der Waals surface area contributed by atoms with Crippen LogP contribution < -0.4 is 11.1 Å². The van der Waals surface area contributed by atoms with E-state index in [2.05, 4.69) is 12.2 Å². The van der Waals surface area contributed by atoms with Crippen LogP contribution in [0.5, 0.6) is 0 Å². The second-order valence-corrected chi connectivity index (χ2v) is 3.47. The van der Waals surface area contributed by atoms with Crippen LogP contribution in [0.2, 0.25) is 0 Å². The van der Waals surface area contributed by atoms with E-state index in [9.17, 15) is 0 Å². The van der Waals surface area contributed by atoms with Crippen molar-refractivity contribution in [1.82, 2.24) is 0 Å². The van der Waals surface area contributed by atoms with Crippen molar-refractivity contribution in [2.24, 2.45) is 11.7 Å². The maximum atomic E-state index is 5.45. The normalized spacial score (nSPS) is 12.8. The summed E-state index contributed by atoms with van der Waals surface area (Å²) in [6.45, 7) is 5.79. The van der Waals surface area contributed by atoms with E-state index in [4.69, 9.17) is 10.2 Å². The molecule has 0 radical (unpaired) electrons. The van der Waals surface area contributed by atoms with Gasteiger partial charge in [-0.2, -0.15) is 0 Å². The van der Waals surface area contributed by atoms with Crippen LogP contribution in [0.4, 0.5) is 5.88 Å². The van der Waals surface area contributed by atoms with Crippen molar-refractivity contribution in [2.45, 2.75) is 20.3 Å². The van der Waals surface area contributed by atoms with Crippen molar-refractivity contribution < 1.29 is 4.42 Å². The van der Waals surface area contributed by atoms with Gasteiger partial charge in [-0.3, -0.25) is 0 Å². The summed E-state index contributed by atoms with van der Waals surface area (Å²) in [7, 11) is 0. The van der Waals surface area contributed by atoms with E-state index >= 15 is 0 Å². The Hall–Kier alpha value is -0.960. The van der Waals surface area contributed by atoms with Gasteiger partial charge in [-0.25, -0.2) is 0 Å². The van der Waals surface area contributed by atoms with Crippen LogP contribution in [-0.4, -0.2) is 13.1 Å². The minimum atomic E-state index is 0.593.